The van der Waals surface area contributed by atoms with E-state index < -0.39 is 5.67 Å². The molecule has 0 aliphatic carbocycles. The van der Waals surface area contributed by atoms with Crippen molar-refractivity contribution in [3.63, 3.8) is 0 Å². The third kappa shape index (κ3) is 8.38. The SMILES string of the molecule is C=C/C=C\C(=C(/C)c1ccc(C(=C)C)cc1)C(C)(C)F.C=Cc1ccc(C(C)C)cc1. The minimum absolute atomic E-state index is 0.619. The molecule has 0 radical (unpaired) electrons. The monoisotopic (exact) mass is 416 g/mol. The summed E-state index contributed by atoms with van der Waals surface area (Å²) in [4.78, 5) is 0. The molecule has 0 aliphatic rings. The van der Waals surface area contributed by atoms with Crippen LogP contribution in [-0.4, -0.2) is 5.67 Å². The average molecular weight is 417 g/mol. The lowest BCUT2D eigenvalue weighted by Crippen LogP contribution is -2.15. The van der Waals surface area contributed by atoms with Crippen LogP contribution in [0.3, 0.4) is 0 Å². The summed E-state index contributed by atoms with van der Waals surface area (Å²) in [6, 6.07) is 16.6. The third-order valence-corrected chi connectivity index (χ3v) is 5.09. The van der Waals surface area contributed by atoms with Crippen molar-refractivity contribution >= 4 is 17.2 Å². The van der Waals surface area contributed by atoms with Crippen molar-refractivity contribution in [2.24, 2.45) is 0 Å². The van der Waals surface area contributed by atoms with E-state index in [1.807, 2.05) is 44.2 Å². The van der Waals surface area contributed by atoms with Gasteiger partial charge < -0.3 is 0 Å². The Morgan fingerprint density at radius 2 is 1.42 bits per heavy atom. The first kappa shape index (κ1) is 26.1. The molecular formula is C30H37F. The van der Waals surface area contributed by atoms with Gasteiger partial charge in [0.1, 0.15) is 5.67 Å². The Morgan fingerprint density at radius 3 is 1.81 bits per heavy atom. The third-order valence-electron chi connectivity index (χ3n) is 5.09. The first-order chi connectivity index (χ1) is 14.5. The molecule has 0 atom stereocenters. The van der Waals surface area contributed by atoms with Gasteiger partial charge in [-0.1, -0.05) is 112 Å². The van der Waals surface area contributed by atoms with Crippen LogP contribution >= 0.6 is 0 Å². The summed E-state index contributed by atoms with van der Waals surface area (Å²) in [6.07, 6.45) is 7.07. The van der Waals surface area contributed by atoms with Crippen LogP contribution in [0.2, 0.25) is 0 Å². The predicted octanol–water partition coefficient (Wildman–Crippen LogP) is 9.44. The number of hydrogen-bond donors (Lipinski definition) is 0. The van der Waals surface area contributed by atoms with Crippen LogP contribution in [0.5, 0.6) is 0 Å². The number of alkyl halides is 1. The summed E-state index contributed by atoms with van der Waals surface area (Å²) >= 11 is 0. The minimum Gasteiger partial charge on any atom is -0.239 e. The standard InChI is InChI=1S/C19H23F.C11H14/c1-7-8-9-18(19(5,6)20)15(4)17-12-10-16(11-13-17)14(2)3;1-4-10-5-7-11(8-6-10)9(2)3/h7-13H,1-2H2,3-6H3;4-9H,1H2,2-3H3/b9-8-,18-15-;. The fourth-order valence-electron chi connectivity index (χ4n) is 3.11. The van der Waals surface area contributed by atoms with Crippen molar-refractivity contribution in [2.45, 2.75) is 53.1 Å². The molecule has 0 saturated heterocycles. The van der Waals surface area contributed by atoms with Gasteiger partial charge in [0, 0.05) is 0 Å². The van der Waals surface area contributed by atoms with Crippen LogP contribution in [0, 0.1) is 0 Å². The normalized spacial score (nSPS) is 12.1. The molecule has 1 heteroatoms. The van der Waals surface area contributed by atoms with Crippen LogP contribution in [0.1, 0.15) is 69.7 Å². The Hall–Kier alpha value is -2.93. The molecule has 0 nitrogen and oxygen atoms in total. The van der Waals surface area contributed by atoms with E-state index in [1.165, 1.54) is 11.1 Å². The lowest BCUT2D eigenvalue weighted by atomic mass is 9.90. The fourth-order valence-corrected chi connectivity index (χ4v) is 3.11. The van der Waals surface area contributed by atoms with Gasteiger partial charge in [0.2, 0.25) is 0 Å². The van der Waals surface area contributed by atoms with Gasteiger partial charge in [-0.2, -0.15) is 0 Å². The maximum atomic E-state index is 14.4. The Balaban J connectivity index is 0.000000367. The molecule has 0 N–H and O–H groups in total. The molecule has 0 unspecified atom stereocenters. The van der Waals surface area contributed by atoms with Gasteiger partial charge in [0.25, 0.3) is 0 Å². The van der Waals surface area contributed by atoms with E-state index in [-0.39, 0.29) is 0 Å². The molecule has 0 amide bonds. The highest BCUT2D eigenvalue weighted by Gasteiger charge is 2.22. The van der Waals surface area contributed by atoms with Gasteiger partial charge in [-0.05, 0) is 67.0 Å². The molecule has 0 saturated carbocycles. The van der Waals surface area contributed by atoms with Gasteiger partial charge in [0.15, 0.2) is 0 Å². The molecule has 0 spiro atoms. The predicted molar refractivity (Wildman–Crippen MR) is 139 cm³/mol. The van der Waals surface area contributed by atoms with Crippen LogP contribution < -0.4 is 0 Å². The minimum atomic E-state index is -1.39. The zero-order chi connectivity index (χ0) is 23.6. The van der Waals surface area contributed by atoms with Crippen LogP contribution in [-0.2, 0) is 0 Å². The van der Waals surface area contributed by atoms with Crippen LogP contribution in [0.4, 0.5) is 4.39 Å². The zero-order valence-corrected chi connectivity index (χ0v) is 20.0. The molecule has 2 aromatic carbocycles. The van der Waals surface area contributed by atoms with E-state index in [1.54, 1.807) is 32.1 Å². The van der Waals surface area contributed by atoms with E-state index in [2.05, 4.69) is 57.8 Å². The quantitative estimate of drug-likeness (QED) is 0.394. The highest BCUT2D eigenvalue weighted by Crippen LogP contribution is 2.30. The Labute approximate surface area is 189 Å². The molecule has 0 bridgehead atoms. The first-order valence-electron chi connectivity index (χ1n) is 10.7. The van der Waals surface area contributed by atoms with Gasteiger partial charge in [-0.25, -0.2) is 4.39 Å². The molecule has 2 rings (SSSR count). The topological polar surface area (TPSA) is 0 Å². The van der Waals surface area contributed by atoms with Crippen LogP contribution in [0.15, 0.2) is 92.1 Å². The molecule has 2 aromatic rings. The molecule has 0 aromatic heterocycles. The number of benzene rings is 2. The van der Waals surface area contributed by atoms with Gasteiger partial charge >= 0.3 is 0 Å². The molecule has 164 valence electrons. The lowest BCUT2D eigenvalue weighted by molar-refractivity contribution is 0.275. The fraction of sp³-hybridized carbons (Fsp3) is 0.267. The molecule has 0 heterocycles. The summed E-state index contributed by atoms with van der Waals surface area (Å²) in [5.41, 5.74) is 5.93. The molecule has 0 fully saturated rings. The maximum Gasteiger partial charge on any atom is 0.130 e. The van der Waals surface area contributed by atoms with Crippen molar-refractivity contribution in [1.29, 1.82) is 0 Å². The van der Waals surface area contributed by atoms with Crippen molar-refractivity contribution in [3.8, 4) is 0 Å². The second-order valence-corrected chi connectivity index (χ2v) is 8.49. The Bertz CT molecular complexity index is 927. The summed E-state index contributed by atoms with van der Waals surface area (Å²) in [7, 11) is 0. The highest BCUT2D eigenvalue weighted by molar-refractivity contribution is 5.73. The van der Waals surface area contributed by atoms with Crippen molar-refractivity contribution in [1.82, 2.24) is 0 Å². The smallest absolute Gasteiger partial charge is 0.130 e. The van der Waals surface area contributed by atoms with E-state index in [9.17, 15) is 4.39 Å². The second kappa shape index (κ2) is 12.1. The molecule has 31 heavy (non-hydrogen) atoms. The number of hydrogen-bond acceptors (Lipinski definition) is 0. The van der Waals surface area contributed by atoms with Crippen molar-refractivity contribution in [3.05, 3.63) is 114 Å². The van der Waals surface area contributed by atoms with Gasteiger partial charge in [-0.3, -0.25) is 0 Å². The number of halogens is 1. The van der Waals surface area contributed by atoms with E-state index >= 15 is 0 Å². The zero-order valence-electron chi connectivity index (χ0n) is 20.0. The number of rotatable bonds is 7. The van der Waals surface area contributed by atoms with E-state index in [0.29, 0.717) is 11.5 Å². The number of allylic oxidation sites excluding steroid dienone is 6. The Morgan fingerprint density at radius 1 is 0.903 bits per heavy atom. The summed E-state index contributed by atoms with van der Waals surface area (Å²) < 4.78 is 14.4. The first-order valence-corrected chi connectivity index (χ1v) is 10.7. The molecule has 0 aliphatic heterocycles. The maximum absolute atomic E-state index is 14.4. The van der Waals surface area contributed by atoms with Crippen LogP contribution in [0.25, 0.3) is 17.2 Å². The summed E-state index contributed by atoms with van der Waals surface area (Å²) in [5, 5.41) is 0. The van der Waals surface area contributed by atoms with Gasteiger partial charge in [-0.15, -0.1) is 0 Å². The van der Waals surface area contributed by atoms with Crippen molar-refractivity contribution < 1.29 is 4.39 Å². The largest absolute Gasteiger partial charge is 0.239 e. The Kier molecular flexibility index (Phi) is 10.1. The van der Waals surface area contributed by atoms with E-state index in [4.69, 9.17) is 0 Å². The van der Waals surface area contributed by atoms with E-state index in [0.717, 1.165) is 22.3 Å². The highest BCUT2D eigenvalue weighted by atomic mass is 19.1. The lowest BCUT2D eigenvalue weighted by Gasteiger charge is -2.20. The molecular weight excluding hydrogens is 379 g/mol. The average Bonchev–Trinajstić information content (AvgIpc) is 2.73. The second-order valence-electron chi connectivity index (χ2n) is 8.49. The van der Waals surface area contributed by atoms with Gasteiger partial charge in [0.05, 0.1) is 0 Å². The summed E-state index contributed by atoms with van der Waals surface area (Å²) in [5.74, 6) is 0.619. The summed E-state index contributed by atoms with van der Waals surface area (Å²) in [6.45, 7) is 22.7. The van der Waals surface area contributed by atoms with Crippen molar-refractivity contribution in [2.75, 3.05) is 0 Å².